The smallest absolute Gasteiger partial charge is 0.322 e. The minimum Gasteiger partial charge on any atom is -0.322 e. The predicted molar refractivity (Wildman–Crippen MR) is 88.0 cm³/mol. The van der Waals surface area contributed by atoms with E-state index in [9.17, 15) is 18.0 Å². The van der Waals surface area contributed by atoms with Crippen LogP contribution in [0.25, 0.3) is 0 Å². The first-order chi connectivity index (χ1) is 10.2. The van der Waals surface area contributed by atoms with Gasteiger partial charge >= 0.3 is 6.18 Å². The molecule has 0 saturated heterocycles. The topological polar surface area (TPSA) is 29.1 Å². The number of hydrogen-bond acceptors (Lipinski definition) is 1. The Hall–Kier alpha value is -1.57. The van der Waals surface area contributed by atoms with Crippen LogP contribution in [-0.4, -0.2) is 5.91 Å². The molecular formula is C16H13F3INO. The Kier molecular flexibility index (Phi) is 4.79. The number of aryl methyl sites for hydroxylation is 2. The van der Waals surface area contributed by atoms with Gasteiger partial charge in [0.1, 0.15) is 0 Å². The van der Waals surface area contributed by atoms with Gasteiger partial charge in [-0.25, -0.2) is 0 Å². The average molecular weight is 419 g/mol. The van der Waals surface area contributed by atoms with Crippen molar-refractivity contribution in [3.8, 4) is 0 Å². The summed E-state index contributed by atoms with van der Waals surface area (Å²) >= 11 is 2.13. The molecule has 0 radical (unpaired) electrons. The van der Waals surface area contributed by atoms with E-state index in [0.717, 1.165) is 21.3 Å². The summed E-state index contributed by atoms with van der Waals surface area (Å²) in [6.45, 7) is 3.46. The first kappa shape index (κ1) is 16.8. The standard InChI is InChI=1S/C16H13F3INO/c1-9-5-11(7-12(6-9)16(17,18)19)15(22)21-13-4-3-10(2)14(20)8-13/h3-8H,1-2H3,(H,21,22). The second-order valence-corrected chi connectivity index (χ2v) is 6.17. The molecule has 0 fully saturated rings. The number of anilines is 1. The summed E-state index contributed by atoms with van der Waals surface area (Å²) in [5, 5.41) is 2.62. The molecule has 0 atom stereocenters. The lowest BCUT2D eigenvalue weighted by Crippen LogP contribution is -2.14. The van der Waals surface area contributed by atoms with Crippen molar-refractivity contribution in [2.45, 2.75) is 20.0 Å². The predicted octanol–water partition coefficient (Wildman–Crippen LogP) is 5.18. The van der Waals surface area contributed by atoms with Gasteiger partial charge in [0.15, 0.2) is 0 Å². The second kappa shape index (κ2) is 6.28. The van der Waals surface area contributed by atoms with Crippen LogP contribution in [0.15, 0.2) is 36.4 Å². The largest absolute Gasteiger partial charge is 0.416 e. The molecule has 0 spiro atoms. The SMILES string of the molecule is Cc1cc(C(=O)Nc2ccc(C)c(I)c2)cc(C(F)(F)F)c1. The van der Waals surface area contributed by atoms with Gasteiger partial charge < -0.3 is 5.32 Å². The molecule has 1 N–H and O–H groups in total. The first-order valence-electron chi connectivity index (χ1n) is 6.43. The van der Waals surface area contributed by atoms with Gasteiger partial charge in [0.05, 0.1) is 5.56 Å². The molecule has 2 aromatic rings. The van der Waals surface area contributed by atoms with Gasteiger partial charge in [-0.2, -0.15) is 13.2 Å². The fourth-order valence-electron chi connectivity index (χ4n) is 1.95. The summed E-state index contributed by atoms with van der Waals surface area (Å²) in [5.41, 5.74) is 1.17. The molecule has 2 nitrogen and oxygen atoms in total. The molecule has 0 aromatic heterocycles. The highest BCUT2D eigenvalue weighted by Gasteiger charge is 2.31. The van der Waals surface area contributed by atoms with Crippen LogP contribution >= 0.6 is 22.6 Å². The average Bonchev–Trinajstić information content (AvgIpc) is 2.41. The van der Waals surface area contributed by atoms with Gasteiger partial charge in [0, 0.05) is 14.8 Å². The Bertz CT molecular complexity index is 726. The number of nitrogens with one attached hydrogen (secondary N) is 1. The van der Waals surface area contributed by atoms with Gasteiger partial charge in [-0.05, 0) is 77.9 Å². The number of hydrogen-bond donors (Lipinski definition) is 1. The lowest BCUT2D eigenvalue weighted by Gasteiger charge is -2.11. The molecule has 0 heterocycles. The number of carbonyl (C=O) groups excluding carboxylic acids is 1. The van der Waals surface area contributed by atoms with Crippen LogP contribution in [-0.2, 0) is 6.18 Å². The highest BCUT2D eigenvalue weighted by atomic mass is 127. The van der Waals surface area contributed by atoms with Crippen molar-refractivity contribution >= 4 is 34.2 Å². The first-order valence-corrected chi connectivity index (χ1v) is 7.51. The van der Waals surface area contributed by atoms with E-state index in [1.54, 1.807) is 12.1 Å². The van der Waals surface area contributed by atoms with Gasteiger partial charge in [0.25, 0.3) is 5.91 Å². The Morgan fingerprint density at radius 3 is 2.36 bits per heavy atom. The van der Waals surface area contributed by atoms with Crippen LogP contribution < -0.4 is 5.32 Å². The molecule has 2 aromatic carbocycles. The van der Waals surface area contributed by atoms with Crippen LogP contribution in [0.4, 0.5) is 18.9 Å². The lowest BCUT2D eigenvalue weighted by molar-refractivity contribution is -0.137. The Balaban J connectivity index is 2.29. The molecule has 1 amide bonds. The fourth-order valence-corrected chi connectivity index (χ4v) is 2.47. The van der Waals surface area contributed by atoms with Crippen LogP contribution in [0.3, 0.4) is 0 Å². The van der Waals surface area contributed by atoms with Gasteiger partial charge in [-0.3, -0.25) is 4.79 Å². The third kappa shape index (κ3) is 4.00. The van der Waals surface area contributed by atoms with E-state index in [4.69, 9.17) is 0 Å². The molecule has 0 unspecified atom stereocenters. The van der Waals surface area contributed by atoms with Crippen molar-refractivity contribution in [3.63, 3.8) is 0 Å². The van der Waals surface area contributed by atoms with Crippen molar-refractivity contribution in [1.82, 2.24) is 0 Å². The molecule has 22 heavy (non-hydrogen) atoms. The summed E-state index contributed by atoms with van der Waals surface area (Å²) in [5.74, 6) is -0.561. The number of rotatable bonds is 2. The Morgan fingerprint density at radius 1 is 1.09 bits per heavy atom. The van der Waals surface area contributed by atoms with E-state index < -0.39 is 17.6 Å². The van der Waals surface area contributed by atoms with E-state index in [1.165, 1.54) is 13.0 Å². The maximum atomic E-state index is 12.8. The molecule has 0 bridgehead atoms. The van der Waals surface area contributed by atoms with E-state index in [0.29, 0.717) is 11.3 Å². The number of halogens is 4. The molecule has 116 valence electrons. The zero-order valence-corrected chi connectivity index (χ0v) is 14.0. The lowest BCUT2D eigenvalue weighted by atomic mass is 10.1. The summed E-state index contributed by atoms with van der Waals surface area (Å²) in [6, 6.07) is 8.65. The molecule has 0 aliphatic carbocycles. The summed E-state index contributed by atoms with van der Waals surface area (Å²) in [4.78, 5) is 12.2. The monoisotopic (exact) mass is 419 g/mol. The minimum atomic E-state index is -4.47. The minimum absolute atomic E-state index is 0.0112. The van der Waals surface area contributed by atoms with E-state index in [-0.39, 0.29) is 5.56 Å². The second-order valence-electron chi connectivity index (χ2n) is 5.00. The van der Waals surface area contributed by atoms with Crippen LogP contribution in [0.1, 0.15) is 27.0 Å². The highest BCUT2D eigenvalue weighted by molar-refractivity contribution is 14.1. The van der Waals surface area contributed by atoms with Crippen molar-refractivity contribution in [2.24, 2.45) is 0 Å². The molecule has 0 aliphatic heterocycles. The highest BCUT2D eigenvalue weighted by Crippen LogP contribution is 2.30. The molecule has 0 saturated carbocycles. The molecule has 6 heteroatoms. The summed E-state index contributed by atoms with van der Waals surface area (Å²) in [6.07, 6.45) is -4.47. The third-order valence-corrected chi connectivity index (χ3v) is 4.26. The molecule has 2 rings (SSSR count). The van der Waals surface area contributed by atoms with E-state index >= 15 is 0 Å². The fraction of sp³-hybridized carbons (Fsp3) is 0.188. The van der Waals surface area contributed by atoms with Crippen LogP contribution in [0, 0.1) is 17.4 Å². The summed E-state index contributed by atoms with van der Waals surface area (Å²) < 4.78 is 39.4. The zero-order valence-electron chi connectivity index (χ0n) is 11.9. The molecular weight excluding hydrogens is 406 g/mol. The zero-order chi connectivity index (χ0) is 16.5. The van der Waals surface area contributed by atoms with Gasteiger partial charge in [0.2, 0.25) is 0 Å². The molecule has 0 aliphatic rings. The van der Waals surface area contributed by atoms with Gasteiger partial charge in [-0.1, -0.05) is 6.07 Å². The number of benzene rings is 2. The number of carbonyl (C=O) groups is 1. The van der Waals surface area contributed by atoms with Crippen LogP contribution in [0.2, 0.25) is 0 Å². The summed E-state index contributed by atoms with van der Waals surface area (Å²) in [7, 11) is 0. The Morgan fingerprint density at radius 2 is 1.77 bits per heavy atom. The van der Waals surface area contributed by atoms with Crippen molar-refractivity contribution in [3.05, 3.63) is 62.2 Å². The van der Waals surface area contributed by atoms with E-state index in [1.807, 2.05) is 13.0 Å². The quantitative estimate of drug-likeness (QED) is 0.668. The van der Waals surface area contributed by atoms with E-state index in [2.05, 4.69) is 27.9 Å². The van der Waals surface area contributed by atoms with Crippen molar-refractivity contribution in [2.75, 3.05) is 5.32 Å². The van der Waals surface area contributed by atoms with Crippen LogP contribution in [0.5, 0.6) is 0 Å². The number of amides is 1. The Labute approximate surface area is 139 Å². The van der Waals surface area contributed by atoms with Gasteiger partial charge in [-0.15, -0.1) is 0 Å². The maximum absolute atomic E-state index is 12.8. The number of alkyl halides is 3. The maximum Gasteiger partial charge on any atom is 0.416 e. The van der Waals surface area contributed by atoms with Crippen molar-refractivity contribution < 1.29 is 18.0 Å². The normalized spacial score (nSPS) is 11.4. The van der Waals surface area contributed by atoms with Crippen molar-refractivity contribution in [1.29, 1.82) is 0 Å². The third-order valence-electron chi connectivity index (χ3n) is 3.10.